The number of aromatic nitrogens is 2. The van der Waals surface area contributed by atoms with E-state index in [9.17, 15) is 5.26 Å². The summed E-state index contributed by atoms with van der Waals surface area (Å²) in [6.45, 7) is 0.249. The Kier molecular flexibility index (Phi) is 7.01. The summed E-state index contributed by atoms with van der Waals surface area (Å²) in [6.07, 6.45) is 3.06. The van der Waals surface area contributed by atoms with E-state index >= 15 is 0 Å². The average molecular weight is 454 g/mol. The fraction of sp³-hybridized carbons (Fsp3) is 0.103. The number of hydrogen-bond acceptors (Lipinski definition) is 5. The third-order valence-corrected chi connectivity index (χ3v) is 5.47. The van der Waals surface area contributed by atoms with E-state index in [0.717, 1.165) is 22.4 Å². The van der Waals surface area contributed by atoms with Gasteiger partial charge in [0.15, 0.2) is 0 Å². The second kappa shape index (κ2) is 10.7. The Bertz CT molecular complexity index is 1530. The van der Waals surface area contributed by atoms with Crippen molar-refractivity contribution in [3.8, 4) is 30.0 Å². The Morgan fingerprint density at radius 2 is 1.40 bits per heavy atom. The quantitative estimate of drug-likeness (QED) is 0.407. The molecule has 0 radical (unpaired) electrons. The molecule has 3 aromatic carbocycles. The normalized spacial score (nSPS) is 10.8. The summed E-state index contributed by atoms with van der Waals surface area (Å²) in [5.41, 5.74) is 5.71. The maximum Gasteiger partial charge on any atom is 0.124 e. The van der Waals surface area contributed by atoms with E-state index in [-0.39, 0.29) is 6.61 Å². The van der Waals surface area contributed by atoms with Crippen molar-refractivity contribution in [2.75, 3.05) is 0 Å². The fourth-order valence-corrected chi connectivity index (χ4v) is 3.53. The second-order valence-corrected chi connectivity index (χ2v) is 7.78. The second-order valence-electron chi connectivity index (χ2n) is 7.78. The molecule has 35 heavy (non-hydrogen) atoms. The Morgan fingerprint density at radius 1 is 0.800 bits per heavy atom. The summed E-state index contributed by atoms with van der Waals surface area (Å²) in [6, 6.07) is 26.0. The summed E-state index contributed by atoms with van der Waals surface area (Å²) in [5, 5.41) is 27.5. The highest BCUT2D eigenvalue weighted by molar-refractivity contribution is 5.50. The lowest BCUT2D eigenvalue weighted by atomic mass is 10.0. The molecule has 1 aromatic heterocycles. The SMILES string of the molecule is Cn1cncc1C(OCc1ccc(C#N)cc1C#Cc1ccc(C#N)cc1)c1ccc(C#N)cc1. The minimum Gasteiger partial charge on any atom is -0.362 e. The maximum atomic E-state index is 9.37. The Labute approximate surface area is 203 Å². The van der Waals surface area contributed by atoms with Gasteiger partial charge in [0.05, 0.1) is 59.7 Å². The molecule has 0 aliphatic heterocycles. The number of rotatable bonds is 5. The van der Waals surface area contributed by atoms with Gasteiger partial charge in [-0.05, 0) is 59.7 Å². The van der Waals surface area contributed by atoms with Crippen molar-refractivity contribution in [2.24, 2.45) is 7.05 Å². The van der Waals surface area contributed by atoms with Gasteiger partial charge in [-0.15, -0.1) is 0 Å². The van der Waals surface area contributed by atoms with Crippen LogP contribution in [0.15, 0.2) is 79.3 Å². The Hall–Kier alpha value is -5.14. The molecule has 4 rings (SSSR count). The summed E-state index contributed by atoms with van der Waals surface area (Å²) in [4.78, 5) is 4.22. The van der Waals surface area contributed by atoms with E-state index in [2.05, 4.69) is 35.0 Å². The zero-order chi connectivity index (χ0) is 24.6. The number of benzene rings is 3. The smallest absolute Gasteiger partial charge is 0.124 e. The molecule has 0 saturated heterocycles. The van der Waals surface area contributed by atoms with Gasteiger partial charge in [-0.2, -0.15) is 15.8 Å². The first-order chi connectivity index (χ1) is 17.1. The predicted molar refractivity (Wildman–Crippen MR) is 129 cm³/mol. The molecular formula is C29H19N5O. The molecule has 1 heterocycles. The van der Waals surface area contributed by atoms with E-state index in [0.29, 0.717) is 22.3 Å². The molecule has 6 nitrogen and oxygen atoms in total. The molecule has 1 unspecified atom stereocenters. The van der Waals surface area contributed by atoms with Crippen molar-refractivity contribution in [3.05, 3.63) is 124 Å². The van der Waals surface area contributed by atoms with Crippen LogP contribution < -0.4 is 0 Å². The van der Waals surface area contributed by atoms with E-state index < -0.39 is 6.10 Å². The standard InChI is InChI=1S/C29H19N5O/c1-34-20-33-18-28(34)29(25-10-7-23(16-31)8-11-25)35-19-27-13-9-24(17-32)14-26(27)12-6-21-2-4-22(15-30)5-3-21/h2-5,7-11,13-14,18,20,29H,19H2,1H3. The van der Waals surface area contributed by atoms with E-state index in [4.69, 9.17) is 15.3 Å². The largest absolute Gasteiger partial charge is 0.362 e. The first-order valence-corrected chi connectivity index (χ1v) is 10.7. The zero-order valence-electron chi connectivity index (χ0n) is 18.9. The molecule has 0 fully saturated rings. The minimum atomic E-state index is -0.412. The average Bonchev–Trinajstić information content (AvgIpc) is 3.34. The molecule has 0 saturated carbocycles. The molecule has 0 bridgehead atoms. The van der Waals surface area contributed by atoms with Crippen molar-refractivity contribution in [1.82, 2.24) is 9.55 Å². The van der Waals surface area contributed by atoms with Gasteiger partial charge in [0.2, 0.25) is 0 Å². The molecule has 1 atom stereocenters. The van der Waals surface area contributed by atoms with Crippen LogP contribution in [-0.4, -0.2) is 9.55 Å². The minimum absolute atomic E-state index is 0.249. The molecule has 0 aliphatic rings. The third kappa shape index (κ3) is 5.44. The number of aryl methyl sites for hydroxylation is 1. The molecule has 166 valence electrons. The summed E-state index contributed by atoms with van der Waals surface area (Å²) in [5.74, 6) is 6.25. The van der Waals surface area contributed by atoms with Crippen molar-refractivity contribution in [2.45, 2.75) is 12.7 Å². The predicted octanol–water partition coefficient (Wildman–Crippen LogP) is 4.74. The molecular weight excluding hydrogens is 434 g/mol. The third-order valence-electron chi connectivity index (χ3n) is 5.47. The van der Waals surface area contributed by atoms with Crippen LogP contribution in [0.1, 0.15) is 50.7 Å². The molecule has 4 aromatic rings. The number of nitrogens with zero attached hydrogens (tertiary/aromatic N) is 5. The summed E-state index contributed by atoms with van der Waals surface area (Å²) < 4.78 is 8.28. The maximum absolute atomic E-state index is 9.37. The lowest BCUT2D eigenvalue weighted by Crippen LogP contribution is -2.11. The van der Waals surface area contributed by atoms with Crippen molar-refractivity contribution in [3.63, 3.8) is 0 Å². The summed E-state index contributed by atoms with van der Waals surface area (Å²) in [7, 11) is 1.90. The Balaban J connectivity index is 1.64. The Morgan fingerprint density at radius 3 is 2.00 bits per heavy atom. The van der Waals surface area contributed by atoms with Gasteiger partial charge < -0.3 is 9.30 Å². The molecule has 0 spiro atoms. The number of nitriles is 3. The summed E-state index contributed by atoms with van der Waals surface area (Å²) >= 11 is 0. The van der Waals surface area contributed by atoms with Gasteiger partial charge in [-0.1, -0.05) is 30.0 Å². The van der Waals surface area contributed by atoms with Crippen molar-refractivity contribution < 1.29 is 4.74 Å². The highest BCUT2D eigenvalue weighted by atomic mass is 16.5. The number of hydrogen-bond donors (Lipinski definition) is 0. The van der Waals surface area contributed by atoms with Gasteiger partial charge in [-0.25, -0.2) is 4.98 Å². The van der Waals surface area contributed by atoms with Gasteiger partial charge in [0, 0.05) is 18.2 Å². The number of ether oxygens (including phenoxy) is 1. The molecule has 0 N–H and O–H groups in total. The van der Waals surface area contributed by atoms with Crippen LogP contribution in [0.5, 0.6) is 0 Å². The highest BCUT2D eigenvalue weighted by Gasteiger charge is 2.19. The molecule has 6 heteroatoms. The van der Waals surface area contributed by atoms with Crippen LogP contribution in [0, 0.1) is 45.8 Å². The van der Waals surface area contributed by atoms with Gasteiger partial charge >= 0.3 is 0 Å². The van der Waals surface area contributed by atoms with Crippen LogP contribution in [0.3, 0.4) is 0 Å². The van der Waals surface area contributed by atoms with Gasteiger partial charge in [0.1, 0.15) is 6.10 Å². The fourth-order valence-electron chi connectivity index (χ4n) is 3.53. The van der Waals surface area contributed by atoms with Crippen molar-refractivity contribution in [1.29, 1.82) is 15.8 Å². The topological polar surface area (TPSA) is 98.4 Å². The van der Waals surface area contributed by atoms with Gasteiger partial charge in [0.25, 0.3) is 0 Å². The van der Waals surface area contributed by atoms with Crippen LogP contribution in [0.2, 0.25) is 0 Å². The van der Waals surface area contributed by atoms with E-state index in [1.54, 1.807) is 61.1 Å². The van der Waals surface area contributed by atoms with Crippen LogP contribution in [-0.2, 0) is 18.4 Å². The van der Waals surface area contributed by atoms with Crippen LogP contribution in [0.4, 0.5) is 0 Å². The van der Waals surface area contributed by atoms with E-state index in [1.807, 2.05) is 29.8 Å². The highest BCUT2D eigenvalue weighted by Crippen LogP contribution is 2.28. The van der Waals surface area contributed by atoms with Gasteiger partial charge in [-0.3, -0.25) is 0 Å². The lowest BCUT2D eigenvalue weighted by molar-refractivity contribution is 0.0621. The lowest BCUT2D eigenvalue weighted by Gasteiger charge is -2.19. The zero-order valence-corrected chi connectivity index (χ0v) is 18.9. The van der Waals surface area contributed by atoms with E-state index in [1.165, 1.54) is 0 Å². The van der Waals surface area contributed by atoms with Crippen LogP contribution in [0.25, 0.3) is 0 Å². The first kappa shape index (κ1) is 23.0. The number of imidazole rings is 1. The monoisotopic (exact) mass is 453 g/mol. The first-order valence-electron chi connectivity index (χ1n) is 10.7. The van der Waals surface area contributed by atoms with Crippen molar-refractivity contribution >= 4 is 0 Å². The molecule has 0 aliphatic carbocycles. The molecule has 0 amide bonds. The van der Waals surface area contributed by atoms with Crippen LogP contribution >= 0.6 is 0 Å².